The molecular formula is C14H17Cl2FN2O. The van der Waals surface area contributed by atoms with Crippen molar-refractivity contribution in [3.05, 3.63) is 28.8 Å². The highest BCUT2D eigenvalue weighted by Gasteiger charge is 2.22. The molecule has 0 saturated carbocycles. The molecule has 0 spiro atoms. The van der Waals surface area contributed by atoms with Crippen LogP contribution < -0.4 is 0 Å². The SMILES string of the molecule is COCC(C(C)C)n1c(CCl)nc2cc(Cl)c(F)cc21. The maximum absolute atomic E-state index is 13.8. The summed E-state index contributed by atoms with van der Waals surface area (Å²) in [5.41, 5.74) is 1.34. The first-order chi connectivity index (χ1) is 9.49. The van der Waals surface area contributed by atoms with Gasteiger partial charge < -0.3 is 9.30 Å². The molecule has 0 aliphatic rings. The second kappa shape index (κ2) is 6.29. The van der Waals surface area contributed by atoms with Crippen molar-refractivity contribution in [2.45, 2.75) is 25.8 Å². The van der Waals surface area contributed by atoms with E-state index in [-0.39, 0.29) is 16.9 Å². The Bertz CT molecular complexity index is 613. The highest BCUT2D eigenvalue weighted by atomic mass is 35.5. The molecule has 110 valence electrons. The van der Waals surface area contributed by atoms with Crippen molar-refractivity contribution in [2.75, 3.05) is 13.7 Å². The zero-order valence-electron chi connectivity index (χ0n) is 11.7. The molecule has 2 aromatic rings. The van der Waals surface area contributed by atoms with Gasteiger partial charge in [0, 0.05) is 13.2 Å². The summed E-state index contributed by atoms with van der Waals surface area (Å²) in [4.78, 5) is 4.44. The molecule has 1 unspecified atom stereocenters. The van der Waals surface area contributed by atoms with Crippen LogP contribution >= 0.6 is 23.2 Å². The Kier molecular flexibility index (Phi) is 4.89. The number of methoxy groups -OCH3 is 1. The van der Waals surface area contributed by atoms with Crippen molar-refractivity contribution in [1.29, 1.82) is 0 Å². The van der Waals surface area contributed by atoms with E-state index in [1.54, 1.807) is 7.11 Å². The summed E-state index contributed by atoms with van der Waals surface area (Å²) in [6, 6.07) is 2.98. The molecule has 0 bridgehead atoms. The van der Waals surface area contributed by atoms with Gasteiger partial charge in [0.2, 0.25) is 0 Å². The number of aromatic nitrogens is 2. The van der Waals surface area contributed by atoms with Crippen molar-refractivity contribution in [2.24, 2.45) is 5.92 Å². The van der Waals surface area contributed by atoms with Crippen molar-refractivity contribution < 1.29 is 9.13 Å². The van der Waals surface area contributed by atoms with Crippen molar-refractivity contribution >= 4 is 34.2 Å². The molecule has 0 N–H and O–H groups in total. The fraction of sp³-hybridized carbons (Fsp3) is 0.500. The van der Waals surface area contributed by atoms with Gasteiger partial charge in [0.1, 0.15) is 11.6 Å². The summed E-state index contributed by atoms with van der Waals surface area (Å²) in [7, 11) is 1.65. The van der Waals surface area contributed by atoms with Crippen LogP contribution in [0.25, 0.3) is 11.0 Å². The largest absolute Gasteiger partial charge is 0.383 e. The Hall–Kier alpha value is -0.840. The molecular weight excluding hydrogens is 302 g/mol. The van der Waals surface area contributed by atoms with Crippen LogP contribution in [-0.4, -0.2) is 23.3 Å². The molecule has 1 aromatic carbocycles. The van der Waals surface area contributed by atoms with Crippen LogP contribution in [0.2, 0.25) is 5.02 Å². The minimum absolute atomic E-state index is 0.0410. The Morgan fingerprint density at radius 2 is 2.10 bits per heavy atom. The fourth-order valence-electron chi connectivity index (χ4n) is 2.34. The number of fused-ring (bicyclic) bond motifs is 1. The quantitative estimate of drug-likeness (QED) is 0.763. The molecule has 20 heavy (non-hydrogen) atoms. The number of halogens is 3. The summed E-state index contributed by atoms with van der Waals surface area (Å²) in [6.45, 7) is 4.68. The second-order valence-corrected chi connectivity index (χ2v) is 5.73. The predicted molar refractivity (Wildman–Crippen MR) is 80.0 cm³/mol. The lowest BCUT2D eigenvalue weighted by Gasteiger charge is -2.24. The number of imidazole rings is 1. The van der Waals surface area contributed by atoms with E-state index in [2.05, 4.69) is 18.8 Å². The normalized spacial score (nSPS) is 13.3. The Labute approximate surface area is 127 Å². The van der Waals surface area contributed by atoms with E-state index in [0.29, 0.717) is 29.4 Å². The maximum Gasteiger partial charge on any atom is 0.144 e. The third-order valence-electron chi connectivity index (χ3n) is 3.36. The minimum atomic E-state index is -0.457. The minimum Gasteiger partial charge on any atom is -0.383 e. The molecule has 6 heteroatoms. The standard InChI is InChI=1S/C14H17Cl2FN2O/c1-8(2)13(7-20-3)19-12-5-10(17)9(16)4-11(12)18-14(19)6-15/h4-5,8,13H,6-7H2,1-3H3. The van der Waals surface area contributed by atoms with Crippen LogP contribution in [-0.2, 0) is 10.6 Å². The highest BCUT2D eigenvalue weighted by molar-refractivity contribution is 6.31. The van der Waals surface area contributed by atoms with Gasteiger partial charge >= 0.3 is 0 Å². The number of nitrogens with zero attached hydrogens (tertiary/aromatic N) is 2. The first kappa shape index (κ1) is 15.5. The van der Waals surface area contributed by atoms with Crippen molar-refractivity contribution in [3.8, 4) is 0 Å². The van der Waals surface area contributed by atoms with Crippen LogP contribution in [0, 0.1) is 11.7 Å². The first-order valence-electron chi connectivity index (χ1n) is 6.40. The number of rotatable bonds is 5. The van der Waals surface area contributed by atoms with Crippen molar-refractivity contribution in [3.63, 3.8) is 0 Å². The van der Waals surface area contributed by atoms with E-state index in [9.17, 15) is 4.39 Å². The van der Waals surface area contributed by atoms with Gasteiger partial charge in [0.25, 0.3) is 0 Å². The first-order valence-corrected chi connectivity index (χ1v) is 7.31. The van der Waals surface area contributed by atoms with Gasteiger partial charge in [-0.15, -0.1) is 11.6 Å². The van der Waals surface area contributed by atoms with Gasteiger partial charge in [-0.05, 0) is 12.0 Å². The molecule has 0 fully saturated rings. The van der Waals surface area contributed by atoms with Crippen LogP contribution in [0.4, 0.5) is 4.39 Å². The monoisotopic (exact) mass is 318 g/mol. The number of benzene rings is 1. The third kappa shape index (κ3) is 2.78. The maximum atomic E-state index is 13.8. The molecule has 0 amide bonds. The summed E-state index contributed by atoms with van der Waals surface area (Å²) >= 11 is 11.8. The lowest BCUT2D eigenvalue weighted by molar-refractivity contribution is 0.134. The van der Waals surface area contributed by atoms with E-state index in [1.807, 2.05) is 4.57 Å². The number of hydrogen-bond acceptors (Lipinski definition) is 2. The number of alkyl halides is 1. The lowest BCUT2D eigenvalue weighted by Crippen LogP contribution is -2.22. The molecule has 0 radical (unpaired) electrons. The van der Waals surface area contributed by atoms with Gasteiger partial charge in [-0.3, -0.25) is 0 Å². The summed E-state index contributed by atoms with van der Waals surface area (Å²) in [6.07, 6.45) is 0. The van der Waals surface area contributed by atoms with Crippen LogP contribution in [0.3, 0.4) is 0 Å². The molecule has 0 aliphatic heterocycles. The Balaban J connectivity index is 2.68. The molecule has 3 nitrogen and oxygen atoms in total. The van der Waals surface area contributed by atoms with Crippen LogP contribution in [0.1, 0.15) is 25.7 Å². The van der Waals surface area contributed by atoms with E-state index in [4.69, 9.17) is 27.9 Å². The fourth-order valence-corrected chi connectivity index (χ4v) is 2.69. The summed E-state index contributed by atoms with van der Waals surface area (Å²) < 4.78 is 21.0. The van der Waals surface area contributed by atoms with E-state index >= 15 is 0 Å². The zero-order chi connectivity index (χ0) is 14.9. The number of hydrogen-bond donors (Lipinski definition) is 0. The van der Waals surface area contributed by atoms with Gasteiger partial charge in [0.15, 0.2) is 0 Å². The predicted octanol–water partition coefficient (Wildman–Crippen LogP) is 4.41. The highest BCUT2D eigenvalue weighted by Crippen LogP contribution is 2.30. The average molecular weight is 319 g/mol. The van der Waals surface area contributed by atoms with Gasteiger partial charge in [-0.25, -0.2) is 9.37 Å². The molecule has 1 aromatic heterocycles. The van der Waals surface area contributed by atoms with Crippen LogP contribution in [0.5, 0.6) is 0 Å². The Morgan fingerprint density at radius 1 is 1.40 bits per heavy atom. The molecule has 1 atom stereocenters. The van der Waals surface area contributed by atoms with Crippen LogP contribution in [0.15, 0.2) is 12.1 Å². The third-order valence-corrected chi connectivity index (χ3v) is 3.89. The second-order valence-electron chi connectivity index (χ2n) is 5.05. The molecule has 1 heterocycles. The van der Waals surface area contributed by atoms with E-state index in [1.165, 1.54) is 12.1 Å². The van der Waals surface area contributed by atoms with Gasteiger partial charge in [0.05, 0.1) is 34.6 Å². The smallest absolute Gasteiger partial charge is 0.144 e. The van der Waals surface area contributed by atoms with Gasteiger partial charge in [-0.1, -0.05) is 25.4 Å². The molecule has 2 rings (SSSR count). The van der Waals surface area contributed by atoms with E-state index in [0.717, 1.165) is 0 Å². The van der Waals surface area contributed by atoms with Gasteiger partial charge in [-0.2, -0.15) is 0 Å². The Morgan fingerprint density at radius 3 is 2.65 bits per heavy atom. The average Bonchev–Trinajstić information content (AvgIpc) is 2.74. The summed E-state index contributed by atoms with van der Waals surface area (Å²) in [5, 5.41) is 0.0658. The van der Waals surface area contributed by atoms with Crippen molar-refractivity contribution in [1.82, 2.24) is 9.55 Å². The molecule has 0 saturated heterocycles. The zero-order valence-corrected chi connectivity index (χ0v) is 13.2. The lowest BCUT2D eigenvalue weighted by atomic mass is 10.0. The van der Waals surface area contributed by atoms with E-state index < -0.39 is 5.82 Å². The molecule has 0 aliphatic carbocycles. The summed E-state index contributed by atoms with van der Waals surface area (Å²) in [5.74, 6) is 0.786. The topological polar surface area (TPSA) is 27.1 Å². The number of ether oxygens (including phenoxy) is 1.